The van der Waals surface area contributed by atoms with Gasteiger partial charge in [0.25, 0.3) is 0 Å². The third-order valence-corrected chi connectivity index (χ3v) is 4.35. The number of benzene rings is 1. The molecule has 2 aromatic heterocycles. The summed E-state index contributed by atoms with van der Waals surface area (Å²) in [6.45, 7) is 3.90. The van der Waals surface area contributed by atoms with Crippen molar-refractivity contribution in [1.29, 1.82) is 0 Å². The maximum atomic E-state index is 5.45. The number of aromatic amines is 2. The zero-order valence-corrected chi connectivity index (χ0v) is 13.3. The number of nitrogens with zero attached hydrogens (tertiary/aromatic N) is 2. The second kappa shape index (κ2) is 5.58. The Hall–Kier alpha value is -2.54. The fraction of sp³-hybridized carbons (Fsp3) is 0.375. The van der Waals surface area contributed by atoms with Crippen LogP contribution in [0, 0.1) is 0 Å². The maximum absolute atomic E-state index is 5.45. The van der Waals surface area contributed by atoms with Gasteiger partial charge in [0.1, 0.15) is 5.39 Å². The van der Waals surface area contributed by atoms with Gasteiger partial charge < -0.3 is 19.8 Å². The van der Waals surface area contributed by atoms with Crippen molar-refractivity contribution in [2.75, 3.05) is 45.3 Å². The molecular weight excluding hydrogens is 294 g/mol. The summed E-state index contributed by atoms with van der Waals surface area (Å²) in [6.07, 6.45) is 1.74. The summed E-state index contributed by atoms with van der Waals surface area (Å²) in [5, 5.41) is 5.55. The van der Waals surface area contributed by atoms with Crippen LogP contribution in [0.25, 0.3) is 21.9 Å². The monoisotopic (exact) mass is 314 g/mol. The number of rotatable bonds is 3. The number of fused-ring (bicyclic) bond motifs is 3. The van der Waals surface area contributed by atoms with Gasteiger partial charge in [-0.2, -0.15) is 0 Å². The fourth-order valence-corrected chi connectivity index (χ4v) is 3.21. The molecule has 0 atom stereocenters. The van der Waals surface area contributed by atoms with Gasteiger partial charge in [0.15, 0.2) is 11.5 Å². The minimum absolute atomic E-state index is 0.708. The van der Waals surface area contributed by atoms with E-state index in [0.29, 0.717) is 5.75 Å². The Labute approximate surface area is 133 Å². The van der Waals surface area contributed by atoms with Crippen LogP contribution in [-0.2, 0) is 0 Å². The largest absolute Gasteiger partial charge is 0.493 e. The van der Waals surface area contributed by atoms with Crippen molar-refractivity contribution in [3.05, 3.63) is 18.5 Å². The number of hydrogen-bond acceptors (Lipinski definition) is 5. The first-order valence-corrected chi connectivity index (χ1v) is 7.71. The predicted molar refractivity (Wildman–Crippen MR) is 88.3 cm³/mol. The number of methoxy groups -OCH3 is 2. The van der Waals surface area contributed by atoms with Crippen molar-refractivity contribution in [1.82, 2.24) is 15.3 Å². The summed E-state index contributed by atoms with van der Waals surface area (Å²) in [7, 11) is 3.30. The number of nitrogens with one attached hydrogen (secondary N) is 3. The van der Waals surface area contributed by atoms with Crippen molar-refractivity contribution in [3.63, 3.8) is 0 Å². The Morgan fingerprint density at radius 1 is 1.13 bits per heavy atom. The van der Waals surface area contributed by atoms with Crippen LogP contribution < -0.4 is 24.7 Å². The SMILES string of the molecule is COc1cc2[nH]c3nc[nH+]c(N4CCNCC4)c3c2cc1OC. The van der Waals surface area contributed by atoms with E-state index in [-0.39, 0.29) is 0 Å². The average molecular weight is 314 g/mol. The second-order valence-electron chi connectivity index (χ2n) is 5.59. The molecule has 3 aromatic rings. The van der Waals surface area contributed by atoms with Crippen LogP contribution in [0.1, 0.15) is 0 Å². The van der Waals surface area contributed by atoms with Gasteiger partial charge >= 0.3 is 0 Å². The average Bonchev–Trinajstić information content (AvgIpc) is 2.98. The molecule has 1 saturated heterocycles. The quantitative estimate of drug-likeness (QED) is 0.753. The highest BCUT2D eigenvalue weighted by molar-refractivity contribution is 6.11. The lowest BCUT2D eigenvalue weighted by molar-refractivity contribution is -0.366. The summed E-state index contributed by atoms with van der Waals surface area (Å²) in [5.74, 6) is 2.52. The summed E-state index contributed by atoms with van der Waals surface area (Å²) < 4.78 is 10.8. The molecule has 3 heterocycles. The number of aromatic nitrogens is 3. The van der Waals surface area contributed by atoms with Crippen LogP contribution in [0.3, 0.4) is 0 Å². The van der Waals surface area contributed by atoms with Gasteiger partial charge in [-0.3, -0.25) is 4.90 Å². The van der Waals surface area contributed by atoms with Crippen molar-refractivity contribution < 1.29 is 14.5 Å². The molecule has 1 fully saturated rings. The van der Waals surface area contributed by atoms with Gasteiger partial charge in [0, 0.05) is 24.5 Å². The third kappa shape index (κ3) is 2.24. The molecule has 1 aliphatic rings. The Bertz CT molecular complexity index is 854. The van der Waals surface area contributed by atoms with Gasteiger partial charge in [-0.05, 0) is 6.07 Å². The molecule has 120 valence electrons. The normalized spacial score (nSPS) is 15.3. The first-order valence-electron chi connectivity index (χ1n) is 7.71. The van der Waals surface area contributed by atoms with E-state index in [9.17, 15) is 0 Å². The van der Waals surface area contributed by atoms with Gasteiger partial charge in [-0.15, -0.1) is 0 Å². The molecule has 23 heavy (non-hydrogen) atoms. The van der Waals surface area contributed by atoms with Crippen LogP contribution in [-0.4, -0.2) is 50.4 Å². The van der Waals surface area contributed by atoms with E-state index in [2.05, 4.69) is 25.2 Å². The Kier molecular flexibility index (Phi) is 3.42. The summed E-state index contributed by atoms with van der Waals surface area (Å²) in [5.41, 5.74) is 1.85. The Balaban J connectivity index is 1.97. The molecule has 1 aromatic carbocycles. The number of ether oxygens (including phenoxy) is 2. The van der Waals surface area contributed by atoms with Gasteiger partial charge in [0.2, 0.25) is 17.8 Å². The van der Waals surface area contributed by atoms with E-state index in [4.69, 9.17) is 9.47 Å². The molecule has 7 heteroatoms. The van der Waals surface area contributed by atoms with E-state index in [0.717, 1.165) is 59.7 Å². The molecule has 0 saturated carbocycles. The Morgan fingerprint density at radius 2 is 1.87 bits per heavy atom. The van der Waals surface area contributed by atoms with E-state index in [1.807, 2.05) is 12.1 Å². The standard InChI is InChI=1S/C16H19N5O2/c1-22-12-7-10-11(8-13(12)23-2)20-15-14(10)16(19-9-18-15)21-5-3-17-4-6-21/h7-9,17H,3-6H2,1-2H3,(H,18,19,20)/p+1. The van der Waals surface area contributed by atoms with Crippen molar-refractivity contribution in [2.24, 2.45) is 0 Å². The van der Waals surface area contributed by atoms with Crippen LogP contribution in [0.15, 0.2) is 18.5 Å². The smallest absolute Gasteiger partial charge is 0.234 e. The zero-order chi connectivity index (χ0) is 15.8. The molecule has 4 rings (SSSR count). The molecule has 7 nitrogen and oxygen atoms in total. The number of piperazine rings is 1. The van der Waals surface area contributed by atoms with Crippen LogP contribution in [0.4, 0.5) is 5.82 Å². The first kappa shape index (κ1) is 14.1. The highest BCUT2D eigenvalue weighted by atomic mass is 16.5. The molecule has 0 amide bonds. The lowest BCUT2D eigenvalue weighted by atomic mass is 10.1. The Morgan fingerprint density at radius 3 is 2.61 bits per heavy atom. The highest BCUT2D eigenvalue weighted by Crippen LogP contribution is 2.37. The minimum atomic E-state index is 0.708. The van der Waals surface area contributed by atoms with E-state index in [1.165, 1.54) is 0 Å². The van der Waals surface area contributed by atoms with Crippen LogP contribution in [0.2, 0.25) is 0 Å². The maximum Gasteiger partial charge on any atom is 0.234 e. The topological polar surface area (TPSA) is 76.5 Å². The molecular formula is C16H20N5O2+. The van der Waals surface area contributed by atoms with Gasteiger partial charge in [-0.25, -0.2) is 4.98 Å². The number of H-pyrrole nitrogens is 2. The molecule has 0 aliphatic carbocycles. The zero-order valence-electron chi connectivity index (χ0n) is 13.3. The molecule has 0 bridgehead atoms. The fourth-order valence-electron chi connectivity index (χ4n) is 3.21. The van der Waals surface area contributed by atoms with Crippen LogP contribution >= 0.6 is 0 Å². The highest BCUT2D eigenvalue weighted by Gasteiger charge is 2.24. The lowest BCUT2D eigenvalue weighted by Gasteiger charge is -2.24. The summed E-state index contributed by atoms with van der Waals surface area (Å²) in [4.78, 5) is 13.5. The molecule has 1 aliphatic heterocycles. The van der Waals surface area contributed by atoms with Crippen molar-refractivity contribution in [2.45, 2.75) is 0 Å². The molecule has 0 spiro atoms. The van der Waals surface area contributed by atoms with Crippen molar-refractivity contribution >= 4 is 27.8 Å². The molecule has 0 radical (unpaired) electrons. The lowest BCUT2D eigenvalue weighted by Crippen LogP contribution is -2.45. The molecule has 3 N–H and O–H groups in total. The summed E-state index contributed by atoms with van der Waals surface area (Å²) >= 11 is 0. The predicted octanol–water partition coefficient (Wildman–Crippen LogP) is 0.957. The molecule has 0 unspecified atom stereocenters. The second-order valence-corrected chi connectivity index (χ2v) is 5.59. The number of anilines is 1. The first-order chi connectivity index (χ1) is 11.3. The minimum Gasteiger partial charge on any atom is -0.493 e. The number of hydrogen-bond donors (Lipinski definition) is 2. The van der Waals surface area contributed by atoms with E-state index in [1.54, 1.807) is 20.5 Å². The van der Waals surface area contributed by atoms with E-state index < -0.39 is 0 Å². The van der Waals surface area contributed by atoms with Crippen molar-refractivity contribution in [3.8, 4) is 11.5 Å². The third-order valence-electron chi connectivity index (χ3n) is 4.35. The summed E-state index contributed by atoms with van der Waals surface area (Å²) in [6, 6.07) is 3.96. The van der Waals surface area contributed by atoms with Crippen LogP contribution in [0.5, 0.6) is 11.5 Å². The van der Waals surface area contributed by atoms with Gasteiger partial charge in [-0.1, -0.05) is 4.98 Å². The van der Waals surface area contributed by atoms with E-state index >= 15 is 0 Å². The van der Waals surface area contributed by atoms with Gasteiger partial charge in [0.05, 0.1) is 32.8 Å².